The molecule has 26 heavy (non-hydrogen) atoms. The summed E-state index contributed by atoms with van der Waals surface area (Å²) >= 11 is 0. The first-order valence-electron chi connectivity index (χ1n) is 7.32. The molecule has 0 fully saturated rings. The van der Waals surface area contributed by atoms with E-state index in [1.54, 1.807) is 0 Å². The first-order valence-corrected chi connectivity index (χ1v) is 7.32. The van der Waals surface area contributed by atoms with Crippen LogP contribution >= 0.6 is 0 Å². The molecule has 0 aliphatic carbocycles. The minimum atomic E-state index is -5.62. The molecule has 2 aromatic carbocycles. The highest BCUT2D eigenvalue weighted by Crippen LogP contribution is 2.56. The van der Waals surface area contributed by atoms with E-state index in [0.29, 0.717) is 5.56 Å². The van der Waals surface area contributed by atoms with Gasteiger partial charge in [-0.15, -0.1) is 0 Å². The number of alkyl halides is 6. The molecule has 0 unspecified atom stereocenters. The van der Waals surface area contributed by atoms with Crippen LogP contribution in [0, 0.1) is 0 Å². The van der Waals surface area contributed by atoms with Gasteiger partial charge in [0.05, 0.1) is 6.26 Å². The highest BCUT2D eigenvalue weighted by Gasteiger charge is 2.72. The third-order valence-corrected chi connectivity index (χ3v) is 3.94. The summed E-state index contributed by atoms with van der Waals surface area (Å²) in [6.45, 7) is 6.72. The SMILES string of the molecule is C=COc1ccc(C(c2ccc(C=C)cc2)(C(F)(F)F)C(F)(F)F)cc1. The highest BCUT2D eigenvalue weighted by molar-refractivity contribution is 5.51. The lowest BCUT2D eigenvalue weighted by Gasteiger charge is -2.38. The van der Waals surface area contributed by atoms with Crippen molar-refractivity contribution in [2.45, 2.75) is 17.8 Å². The molecule has 0 radical (unpaired) electrons. The summed E-state index contributed by atoms with van der Waals surface area (Å²) in [5.74, 6) is 0.0732. The summed E-state index contributed by atoms with van der Waals surface area (Å²) in [4.78, 5) is 0. The molecular formula is C19H14F6O. The first-order chi connectivity index (χ1) is 12.1. The van der Waals surface area contributed by atoms with E-state index in [9.17, 15) is 26.3 Å². The first kappa shape index (κ1) is 19.6. The molecule has 0 heterocycles. The van der Waals surface area contributed by atoms with E-state index in [4.69, 9.17) is 4.74 Å². The van der Waals surface area contributed by atoms with Gasteiger partial charge in [-0.05, 0) is 28.8 Å². The molecule has 2 aromatic rings. The van der Waals surface area contributed by atoms with Gasteiger partial charge in [-0.25, -0.2) is 0 Å². The average molecular weight is 372 g/mol. The maximum Gasteiger partial charge on any atom is 0.411 e. The molecule has 0 aliphatic rings. The number of hydrogen-bond donors (Lipinski definition) is 0. The highest BCUT2D eigenvalue weighted by atomic mass is 19.4. The summed E-state index contributed by atoms with van der Waals surface area (Å²) in [5.41, 5.74) is -5.66. The molecule has 0 saturated heterocycles. The monoisotopic (exact) mass is 372 g/mol. The van der Waals surface area contributed by atoms with Gasteiger partial charge in [0.2, 0.25) is 5.41 Å². The van der Waals surface area contributed by atoms with Crippen LogP contribution in [0.4, 0.5) is 26.3 Å². The Morgan fingerprint density at radius 2 is 1.12 bits per heavy atom. The van der Waals surface area contributed by atoms with E-state index >= 15 is 0 Å². The lowest BCUT2D eigenvalue weighted by molar-refractivity contribution is -0.288. The Kier molecular flexibility index (Phi) is 5.21. The van der Waals surface area contributed by atoms with E-state index in [-0.39, 0.29) is 5.75 Å². The van der Waals surface area contributed by atoms with Gasteiger partial charge in [-0.1, -0.05) is 55.6 Å². The Balaban J connectivity index is 2.78. The van der Waals surface area contributed by atoms with Gasteiger partial charge in [0.1, 0.15) is 5.75 Å². The predicted molar refractivity (Wildman–Crippen MR) is 86.7 cm³/mol. The fraction of sp³-hybridized carbons (Fsp3) is 0.158. The molecule has 0 aliphatic heterocycles. The minimum absolute atomic E-state index is 0.0732. The van der Waals surface area contributed by atoms with E-state index in [1.807, 2.05) is 0 Å². The summed E-state index contributed by atoms with van der Waals surface area (Å²) in [7, 11) is 0. The maximum atomic E-state index is 13.9. The number of hydrogen-bond acceptors (Lipinski definition) is 1. The van der Waals surface area contributed by atoms with Gasteiger partial charge in [0, 0.05) is 0 Å². The predicted octanol–water partition coefficient (Wildman–Crippen LogP) is 6.26. The summed E-state index contributed by atoms with van der Waals surface area (Å²) in [5, 5.41) is 0. The van der Waals surface area contributed by atoms with Crippen molar-refractivity contribution in [3.63, 3.8) is 0 Å². The zero-order valence-electron chi connectivity index (χ0n) is 13.4. The molecule has 138 valence electrons. The molecule has 0 amide bonds. The normalized spacial score (nSPS) is 12.5. The molecule has 7 heteroatoms. The second kappa shape index (κ2) is 6.90. The third kappa shape index (κ3) is 3.21. The van der Waals surface area contributed by atoms with Gasteiger partial charge in [-0.3, -0.25) is 0 Å². The van der Waals surface area contributed by atoms with Crippen LogP contribution in [0.25, 0.3) is 6.08 Å². The third-order valence-electron chi connectivity index (χ3n) is 3.94. The largest absolute Gasteiger partial charge is 0.466 e. The number of halogens is 6. The van der Waals surface area contributed by atoms with Crippen molar-refractivity contribution in [1.82, 2.24) is 0 Å². The van der Waals surface area contributed by atoms with Gasteiger partial charge >= 0.3 is 12.4 Å². The van der Waals surface area contributed by atoms with E-state index in [0.717, 1.165) is 54.8 Å². The summed E-state index contributed by atoms with van der Waals surface area (Å²) in [6.07, 6.45) is -8.90. The molecule has 0 atom stereocenters. The molecule has 0 saturated carbocycles. The fourth-order valence-electron chi connectivity index (χ4n) is 2.73. The second-order valence-electron chi connectivity index (χ2n) is 5.38. The van der Waals surface area contributed by atoms with Crippen LogP contribution < -0.4 is 4.74 Å². The van der Waals surface area contributed by atoms with E-state index < -0.39 is 28.9 Å². The molecule has 0 bridgehead atoms. The van der Waals surface area contributed by atoms with Gasteiger partial charge in [0.25, 0.3) is 0 Å². The van der Waals surface area contributed by atoms with Crippen molar-refractivity contribution < 1.29 is 31.1 Å². The summed E-state index contributed by atoms with van der Waals surface area (Å²) in [6, 6.07) is 7.50. The van der Waals surface area contributed by atoms with Crippen molar-refractivity contribution in [2.24, 2.45) is 0 Å². The van der Waals surface area contributed by atoms with Gasteiger partial charge in [0.15, 0.2) is 0 Å². The molecule has 2 rings (SSSR count). The topological polar surface area (TPSA) is 9.23 Å². The molecule has 1 nitrogen and oxygen atoms in total. The Bertz CT molecular complexity index is 756. The molecular weight excluding hydrogens is 358 g/mol. The Hall–Kier alpha value is -2.70. The zero-order valence-corrected chi connectivity index (χ0v) is 13.4. The van der Waals surface area contributed by atoms with Crippen LogP contribution in [0.5, 0.6) is 5.75 Å². The lowest BCUT2D eigenvalue weighted by atomic mass is 9.72. The molecule has 0 spiro atoms. The van der Waals surface area contributed by atoms with Crippen LogP contribution in [0.15, 0.2) is 68.0 Å². The Morgan fingerprint density at radius 3 is 1.46 bits per heavy atom. The van der Waals surface area contributed by atoms with Crippen molar-refractivity contribution in [1.29, 1.82) is 0 Å². The van der Waals surface area contributed by atoms with Gasteiger partial charge < -0.3 is 4.74 Å². The van der Waals surface area contributed by atoms with Crippen LogP contribution in [-0.2, 0) is 5.41 Å². The number of ether oxygens (including phenoxy) is 1. The van der Waals surface area contributed by atoms with Crippen LogP contribution in [0.1, 0.15) is 16.7 Å². The molecule has 0 N–H and O–H groups in total. The van der Waals surface area contributed by atoms with E-state index in [1.165, 1.54) is 6.08 Å². The smallest absolute Gasteiger partial charge is 0.411 e. The standard InChI is InChI=1S/C19H14F6O/c1-3-13-5-7-14(8-6-13)17(18(20,21)22,19(23,24)25)15-9-11-16(12-10-15)26-4-2/h3-12H,1-2H2. The zero-order chi connectivity index (χ0) is 19.6. The lowest BCUT2D eigenvalue weighted by Crippen LogP contribution is -2.54. The summed E-state index contributed by atoms with van der Waals surface area (Å²) < 4.78 is 88.2. The fourth-order valence-corrected chi connectivity index (χ4v) is 2.73. The molecule has 0 aromatic heterocycles. The Labute approximate surface area is 146 Å². The van der Waals surface area contributed by atoms with Crippen molar-refractivity contribution in [3.8, 4) is 5.75 Å². The second-order valence-corrected chi connectivity index (χ2v) is 5.38. The Morgan fingerprint density at radius 1 is 0.692 bits per heavy atom. The van der Waals surface area contributed by atoms with Crippen LogP contribution in [-0.4, -0.2) is 12.4 Å². The minimum Gasteiger partial charge on any atom is -0.466 e. The van der Waals surface area contributed by atoms with E-state index in [2.05, 4.69) is 13.2 Å². The number of rotatable bonds is 5. The van der Waals surface area contributed by atoms with Crippen molar-refractivity contribution in [3.05, 3.63) is 84.6 Å². The van der Waals surface area contributed by atoms with Crippen molar-refractivity contribution in [2.75, 3.05) is 0 Å². The van der Waals surface area contributed by atoms with Crippen LogP contribution in [0.2, 0.25) is 0 Å². The number of benzene rings is 2. The van der Waals surface area contributed by atoms with Crippen LogP contribution in [0.3, 0.4) is 0 Å². The quantitative estimate of drug-likeness (QED) is 0.444. The maximum absolute atomic E-state index is 13.9. The van der Waals surface area contributed by atoms with Crippen molar-refractivity contribution >= 4 is 6.08 Å². The van der Waals surface area contributed by atoms with Gasteiger partial charge in [-0.2, -0.15) is 26.3 Å². The average Bonchev–Trinajstić information content (AvgIpc) is 2.55.